The van der Waals surface area contributed by atoms with Gasteiger partial charge in [-0.05, 0) is 36.3 Å². The molecule has 0 aliphatic heterocycles. The Morgan fingerprint density at radius 3 is 2.63 bits per heavy atom. The number of aryl methyl sites for hydroxylation is 1. The van der Waals surface area contributed by atoms with Crippen LogP contribution in [-0.2, 0) is 6.42 Å². The van der Waals surface area contributed by atoms with E-state index in [0.717, 1.165) is 42.3 Å². The number of hydrogen-bond acceptors (Lipinski definition) is 1. The molecule has 0 saturated carbocycles. The first kappa shape index (κ1) is 16.2. The fourth-order valence-corrected chi connectivity index (χ4v) is 2.38. The van der Waals surface area contributed by atoms with Gasteiger partial charge in [0.25, 0.3) is 5.91 Å². The third kappa shape index (κ3) is 5.35. The predicted octanol–water partition coefficient (Wildman–Crippen LogP) is 4.18. The highest BCUT2D eigenvalue weighted by Gasteiger charge is 2.19. The number of benzene rings is 1. The normalized spacial score (nSPS) is 11.4. The average molecular weight is 326 g/mol. The van der Waals surface area contributed by atoms with Crippen molar-refractivity contribution in [2.24, 2.45) is 5.41 Å². The zero-order valence-electron chi connectivity index (χ0n) is 12.1. The van der Waals surface area contributed by atoms with E-state index in [1.54, 1.807) is 0 Å². The van der Waals surface area contributed by atoms with Crippen molar-refractivity contribution in [2.75, 3.05) is 11.9 Å². The SMILES string of the molecule is CCc1ccccc1C(=O)NCC(C)(C)CCCBr. The Hall–Kier alpha value is -0.830. The Balaban J connectivity index is 2.60. The van der Waals surface area contributed by atoms with Crippen LogP contribution in [0, 0.1) is 5.41 Å². The predicted molar refractivity (Wildman–Crippen MR) is 85.0 cm³/mol. The summed E-state index contributed by atoms with van der Waals surface area (Å²) in [6.07, 6.45) is 3.12. The Morgan fingerprint density at radius 2 is 2.00 bits per heavy atom. The quantitative estimate of drug-likeness (QED) is 0.748. The molecule has 19 heavy (non-hydrogen) atoms. The van der Waals surface area contributed by atoms with Crippen LogP contribution in [0.25, 0.3) is 0 Å². The Morgan fingerprint density at radius 1 is 1.32 bits per heavy atom. The second kappa shape index (κ2) is 7.68. The van der Waals surface area contributed by atoms with Crippen molar-refractivity contribution >= 4 is 21.8 Å². The van der Waals surface area contributed by atoms with Gasteiger partial charge < -0.3 is 5.32 Å². The van der Waals surface area contributed by atoms with E-state index in [-0.39, 0.29) is 11.3 Å². The van der Waals surface area contributed by atoms with Crippen molar-refractivity contribution in [1.29, 1.82) is 0 Å². The van der Waals surface area contributed by atoms with Gasteiger partial charge in [0, 0.05) is 17.4 Å². The molecule has 3 heteroatoms. The molecule has 2 nitrogen and oxygen atoms in total. The van der Waals surface area contributed by atoms with Crippen molar-refractivity contribution < 1.29 is 4.79 Å². The Kier molecular flexibility index (Phi) is 6.56. The maximum Gasteiger partial charge on any atom is 0.251 e. The summed E-state index contributed by atoms with van der Waals surface area (Å²) in [6.45, 7) is 7.19. The van der Waals surface area contributed by atoms with E-state index >= 15 is 0 Å². The number of hydrogen-bond donors (Lipinski definition) is 1. The minimum absolute atomic E-state index is 0.0457. The first-order chi connectivity index (χ1) is 9.00. The van der Waals surface area contributed by atoms with Crippen LogP contribution < -0.4 is 5.32 Å². The van der Waals surface area contributed by atoms with Gasteiger partial charge in [-0.3, -0.25) is 4.79 Å². The summed E-state index contributed by atoms with van der Waals surface area (Å²) in [5.74, 6) is 0.0457. The largest absolute Gasteiger partial charge is 0.351 e. The van der Waals surface area contributed by atoms with E-state index in [2.05, 4.69) is 42.0 Å². The lowest BCUT2D eigenvalue weighted by Crippen LogP contribution is -2.34. The molecule has 1 N–H and O–H groups in total. The zero-order valence-corrected chi connectivity index (χ0v) is 13.7. The summed E-state index contributed by atoms with van der Waals surface area (Å²) in [7, 11) is 0. The molecule has 0 fully saturated rings. The lowest BCUT2D eigenvalue weighted by atomic mass is 9.88. The molecule has 0 heterocycles. The molecule has 0 radical (unpaired) electrons. The summed E-state index contributed by atoms with van der Waals surface area (Å²) < 4.78 is 0. The molecule has 1 amide bonds. The lowest BCUT2D eigenvalue weighted by molar-refractivity contribution is 0.0933. The van der Waals surface area contributed by atoms with Gasteiger partial charge in [0.1, 0.15) is 0 Å². The highest BCUT2D eigenvalue weighted by Crippen LogP contribution is 2.22. The van der Waals surface area contributed by atoms with Gasteiger partial charge >= 0.3 is 0 Å². The van der Waals surface area contributed by atoms with Crippen LogP contribution in [0.5, 0.6) is 0 Å². The van der Waals surface area contributed by atoms with Crippen LogP contribution in [0.3, 0.4) is 0 Å². The molecule has 1 aromatic rings. The van der Waals surface area contributed by atoms with Crippen LogP contribution >= 0.6 is 15.9 Å². The molecule has 0 aliphatic carbocycles. The molecular weight excluding hydrogens is 302 g/mol. The summed E-state index contributed by atoms with van der Waals surface area (Å²) in [6, 6.07) is 7.82. The van der Waals surface area contributed by atoms with Crippen LogP contribution in [0.1, 0.15) is 49.5 Å². The fraction of sp³-hybridized carbons (Fsp3) is 0.562. The molecule has 1 aromatic carbocycles. The monoisotopic (exact) mass is 325 g/mol. The number of carbonyl (C=O) groups excluding carboxylic acids is 1. The first-order valence-corrected chi connectivity index (χ1v) is 8.04. The first-order valence-electron chi connectivity index (χ1n) is 6.92. The van der Waals surface area contributed by atoms with Crippen LogP contribution in [0.15, 0.2) is 24.3 Å². The van der Waals surface area contributed by atoms with Gasteiger partial charge in [-0.15, -0.1) is 0 Å². The second-order valence-electron chi connectivity index (χ2n) is 5.65. The minimum Gasteiger partial charge on any atom is -0.351 e. The lowest BCUT2D eigenvalue weighted by Gasteiger charge is -2.24. The molecule has 0 unspecified atom stereocenters. The molecule has 106 valence electrons. The third-order valence-electron chi connectivity index (χ3n) is 3.36. The van der Waals surface area contributed by atoms with Crippen molar-refractivity contribution in [3.05, 3.63) is 35.4 Å². The Bertz CT molecular complexity index is 415. The second-order valence-corrected chi connectivity index (χ2v) is 6.44. The van der Waals surface area contributed by atoms with Crippen molar-refractivity contribution in [2.45, 2.75) is 40.0 Å². The minimum atomic E-state index is 0.0457. The van der Waals surface area contributed by atoms with Gasteiger partial charge in [-0.25, -0.2) is 0 Å². The van der Waals surface area contributed by atoms with Crippen molar-refractivity contribution in [3.63, 3.8) is 0 Å². The van der Waals surface area contributed by atoms with Crippen LogP contribution in [-0.4, -0.2) is 17.8 Å². The molecule has 0 atom stereocenters. The zero-order chi connectivity index (χ0) is 14.3. The number of rotatable bonds is 7. The molecule has 0 saturated heterocycles. The Labute approximate surface area is 125 Å². The number of amides is 1. The van der Waals surface area contributed by atoms with Gasteiger partial charge in [0.15, 0.2) is 0 Å². The topological polar surface area (TPSA) is 29.1 Å². The number of halogens is 1. The highest BCUT2D eigenvalue weighted by molar-refractivity contribution is 9.09. The van der Waals surface area contributed by atoms with Gasteiger partial charge in [0.2, 0.25) is 0 Å². The van der Waals surface area contributed by atoms with Gasteiger partial charge in [0.05, 0.1) is 0 Å². The van der Waals surface area contributed by atoms with E-state index in [1.165, 1.54) is 0 Å². The standard InChI is InChI=1S/C16H24BrNO/c1-4-13-8-5-6-9-14(13)15(19)18-12-16(2,3)10-7-11-17/h5-6,8-9H,4,7,10-12H2,1-3H3,(H,18,19). The van der Waals surface area contributed by atoms with E-state index < -0.39 is 0 Å². The van der Waals surface area contributed by atoms with E-state index in [0.29, 0.717) is 0 Å². The molecule has 0 aliphatic rings. The molecule has 1 rings (SSSR count). The fourth-order valence-electron chi connectivity index (χ4n) is 2.10. The number of alkyl halides is 1. The maximum absolute atomic E-state index is 12.2. The number of carbonyl (C=O) groups is 1. The smallest absolute Gasteiger partial charge is 0.251 e. The number of nitrogens with one attached hydrogen (secondary N) is 1. The molecular formula is C16H24BrNO. The van der Waals surface area contributed by atoms with Crippen molar-refractivity contribution in [3.8, 4) is 0 Å². The molecule has 0 spiro atoms. The molecule has 0 bridgehead atoms. The average Bonchev–Trinajstić information content (AvgIpc) is 2.42. The third-order valence-corrected chi connectivity index (χ3v) is 3.92. The maximum atomic E-state index is 12.2. The van der Waals surface area contributed by atoms with Crippen molar-refractivity contribution in [1.82, 2.24) is 5.32 Å². The van der Waals surface area contributed by atoms with Gasteiger partial charge in [-0.2, -0.15) is 0 Å². The molecule has 0 aromatic heterocycles. The summed E-state index contributed by atoms with van der Waals surface area (Å²) >= 11 is 3.45. The van der Waals surface area contributed by atoms with E-state index in [1.807, 2.05) is 24.3 Å². The summed E-state index contributed by atoms with van der Waals surface area (Å²) in [5, 5.41) is 4.09. The van der Waals surface area contributed by atoms with E-state index in [4.69, 9.17) is 0 Å². The highest BCUT2D eigenvalue weighted by atomic mass is 79.9. The summed E-state index contributed by atoms with van der Waals surface area (Å²) in [5.41, 5.74) is 2.06. The van der Waals surface area contributed by atoms with Gasteiger partial charge in [-0.1, -0.05) is 54.9 Å². The van der Waals surface area contributed by atoms with Crippen LogP contribution in [0.4, 0.5) is 0 Å². The van der Waals surface area contributed by atoms with E-state index in [9.17, 15) is 4.79 Å². The van der Waals surface area contributed by atoms with Crippen LogP contribution in [0.2, 0.25) is 0 Å². The summed E-state index contributed by atoms with van der Waals surface area (Å²) in [4.78, 5) is 12.2.